The number of rotatable bonds is 6. The Morgan fingerprint density at radius 1 is 1.28 bits per heavy atom. The summed E-state index contributed by atoms with van der Waals surface area (Å²) >= 11 is 0. The maximum Gasteiger partial charge on any atom is 0.122 e. The highest BCUT2D eigenvalue weighted by Gasteiger charge is 2.45. The largest absolute Gasteiger partial charge is 0.496 e. The zero-order valence-electron chi connectivity index (χ0n) is 11.8. The predicted octanol–water partition coefficient (Wildman–Crippen LogP) is 3.59. The summed E-state index contributed by atoms with van der Waals surface area (Å²) in [6.07, 6.45) is 4.79. The van der Waals surface area contributed by atoms with E-state index in [1.165, 1.54) is 36.8 Å². The summed E-state index contributed by atoms with van der Waals surface area (Å²) < 4.78 is 5.52. The molecule has 0 spiro atoms. The monoisotopic (exact) mass is 247 g/mol. The number of hydrogen-bond donors (Lipinski definition) is 1. The summed E-state index contributed by atoms with van der Waals surface area (Å²) in [5.74, 6) is 1.66. The van der Waals surface area contributed by atoms with Gasteiger partial charge in [-0.1, -0.05) is 26.0 Å². The van der Waals surface area contributed by atoms with Gasteiger partial charge in [0.25, 0.3) is 0 Å². The Morgan fingerprint density at radius 3 is 2.39 bits per heavy atom. The van der Waals surface area contributed by atoms with Gasteiger partial charge in [-0.2, -0.15) is 0 Å². The molecule has 0 amide bonds. The zero-order valence-corrected chi connectivity index (χ0v) is 11.8. The highest BCUT2D eigenvalue weighted by Crippen LogP contribution is 2.51. The zero-order chi connectivity index (χ0) is 13.2. The molecule has 0 aromatic heterocycles. The Labute approximate surface area is 111 Å². The lowest BCUT2D eigenvalue weighted by molar-refractivity contribution is 0.403. The smallest absolute Gasteiger partial charge is 0.122 e. The van der Waals surface area contributed by atoms with Gasteiger partial charge < -0.3 is 10.5 Å². The van der Waals surface area contributed by atoms with Crippen molar-refractivity contribution in [1.82, 2.24) is 0 Å². The molecule has 1 aliphatic carbocycles. The summed E-state index contributed by atoms with van der Waals surface area (Å²) in [4.78, 5) is 0. The molecule has 100 valence electrons. The second kappa shape index (κ2) is 5.31. The van der Waals surface area contributed by atoms with E-state index in [0.29, 0.717) is 5.92 Å². The van der Waals surface area contributed by atoms with Gasteiger partial charge in [-0.25, -0.2) is 0 Å². The molecule has 2 rings (SSSR count). The molecule has 2 N–H and O–H groups in total. The summed E-state index contributed by atoms with van der Waals surface area (Å²) in [7, 11) is 1.75. The molecule has 1 fully saturated rings. The molecule has 1 aromatic rings. The fourth-order valence-electron chi connectivity index (χ4n) is 2.89. The molecule has 2 heteroatoms. The highest BCUT2D eigenvalue weighted by molar-refractivity contribution is 5.46. The first-order chi connectivity index (χ1) is 8.70. The fraction of sp³-hybridized carbons (Fsp3) is 0.625. The maximum absolute atomic E-state index is 5.96. The van der Waals surface area contributed by atoms with Crippen molar-refractivity contribution in [2.24, 2.45) is 5.73 Å². The lowest BCUT2D eigenvalue weighted by Crippen LogP contribution is -2.20. The van der Waals surface area contributed by atoms with E-state index in [0.717, 1.165) is 12.3 Å². The number of hydrogen-bond acceptors (Lipinski definition) is 2. The fourth-order valence-corrected chi connectivity index (χ4v) is 2.89. The van der Waals surface area contributed by atoms with Crippen molar-refractivity contribution in [3.05, 3.63) is 29.3 Å². The minimum absolute atomic E-state index is 0.202. The first kappa shape index (κ1) is 13.4. The van der Waals surface area contributed by atoms with Crippen LogP contribution in [-0.2, 0) is 5.41 Å². The molecule has 1 saturated carbocycles. The molecule has 18 heavy (non-hydrogen) atoms. The molecule has 0 heterocycles. The van der Waals surface area contributed by atoms with Gasteiger partial charge in [0, 0.05) is 17.5 Å². The van der Waals surface area contributed by atoms with E-state index in [2.05, 4.69) is 32.0 Å². The van der Waals surface area contributed by atoms with E-state index in [-0.39, 0.29) is 5.41 Å². The third-order valence-corrected chi connectivity index (χ3v) is 4.50. The molecule has 1 aromatic carbocycles. The van der Waals surface area contributed by atoms with Gasteiger partial charge >= 0.3 is 0 Å². The molecule has 0 bridgehead atoms. The standard InChI is InChI=1S/C16H25NO/c1-4-12(5-2)13-6-7-15(18-3)14(10-13)16(11-17)8-9-16/h6-7,10,12H,4-5,8-9,11,17H2,1-3H3. The van der Waals surface area contributed by atoms with Crippen molar-refractivity contribution < 1.29 is 4.74 Å². The number of benzene rings is 1. The Morgan fingerprint density at radius 2 is 1.94 bits per heavy atom. The van der Waals surface area contributed by atoms with Crippen LogP contribution in [0.2, 0.25) is 0 Å². The van der Waals surface area contributed by atoms with E-state index >= 15 is 0 Å². The third-order valence-electron chi connectivity index (χ3n) is 4.50. The average Bonchev–Trinajstić information content (AvgIpc) is 3.21. The van der Waals surface area contributed by atoms with Crippen LogP contribution in [0.3, 0.4) is 0 Å². The number of ether oxygens (including phenoxy) is 1. The summed E-state index contributed by atoms with van der Waals surface area (Å²) in [5, 5.41) is 0. The van der Waals surface area contributed by atoms with E-state index in [4.69, 9.17) is 10.5 Å². The highest BCUT2D eigenvalue weighted by atomic mass is 16.5. The maximum atomic E-state index is 5.96. The van der Waals surface area contributed by atoms with Crippen LogP contribution in [0.5, 0.6) is 5.75 Å². The number of methoxy groups -OCH3 is 1. The van der Waals surface area contributed by atoms with E-state index in [1.807, 2.05) is 0 Å². The summed E-state index contributed by atoms with van der Waals surface area (Å²) in [6.45, 7) is 5.25. The SMILES string of the molecule is CCC(CC)c1ccc(OC)c(C2(CN)CC2)c1. The van der Waals surface area contributed by atoms with Gasteiger partial charge in [-0.05, 0) is 43.2 Å². The number of nitrogens with two attached hydrogens (primary N) is 1. The van der Waals surface area contributed by atoms with E-state index in [1.54, 1.807) is 7.11 Å². The van der Waals surface area contributed by atoms with Crippen molar-refractivity contribution in [3.63, 3.8) is 0 Å². The van der Waals surface area contributed by atoms with Gasteiger partial charge in [0.1, 0.15) is 5.75 Å². The summed E-state index contributed by atoms with van der Waals surface area (Å²) in [5.41, 5.74) is 8.93. The first-order valence-corrected chi connectivity index (χ1v) is 7.09. The molecule has 1 aliphatic rings. The average molecular weight is 247 g/mol. The third kappa shape index (κ3) is 2.26. The molecule has 2 nitrogen and oxygen atoms in total. The Balaban J connectivity index is 2.39. The Bertz CT molecular complexity index is 406. The van der Waals surface area contributed by atoms with Crippen LogP contribution in [0.25, 0.3) is 0 Å². The van der Waals surface area contributed by atoms with Crippen molar-refractivity contribution in [3.8, 4) is 5.75 Å². The molecular formula is C16H25NO. The van der Waals surface area contributed by atoms with Crippen LogP contribution in [0.1, 0.15) is 56.6 Å². The van der Waals surface area contributed by atoms with Crippen molar-refractivity contribution in [2.45, 2.75) is 50.9 Å². The molecule has 0 atom stereocenters. The van der Waals surface area contributed by atoms with Gasteiger partial charge in [0.05, 0.1) is 7.11 Å². The van der Waals surface area contributed by atoms with E-state index < -0.39 is 0 Å². The topological polar surface area (TPSA) is 35.2 Å². The van der Waals surface area contributed by atoms with Crippen molar-refractivity contribution >= 4 is 0 Å². The van der Waals surface area contributed by atoms with Gasteiger partial charge in [0.15, 0.2) is 0 Å². The van der Waals surface area contributed by atoms with Crippen LogP contribution in [0.15, 0.2) is 18.2 Å². The minimum atomic E-state index is 0.202. The predicted molar refractivity (Wildman–Crippen MR) is 76.3 cm³/mol. The molecule has 0 aliphatic heterocycles. The van der Waals surface area contributed by atoms with E-state index in [9.17, 15) is 0 Å². The Kier molecular flexibility index (Phi) is 3.96. The lowest BCUT2D eigenvalue weighted by atomic mass is 9.87. The first-order valence-electron chi connectivity index (χ1n) is 7.09. The lowest BCUT2D eigenvalue weighted by Gasteiger charge is -2.21. The molecular weight excluding hydrogens is 222 g/mol. The summed E-state index contributed by atoms with van der Waals surface area (Å²) in [6, 6.07) is 6.68. The van der Waals surface area contributed by atoms with Crippen molar-refractivity contribution in [1.29, 1.82) is 0 Å². The van der Waals surface area contributed by atoms with Gasteiger partial charge in [-0.15, -0.1) is 0 Å². The quantitative estimate of drug-likeness (QED) is 0.833. The van der Waals surface area contributed by atoms with Crippen LogP contribution in [-0.4, -0.2) is 13.7 Å². The molecule has 0 radical (unpaired) electrons. The van der Waals surface area contributed by atoms with Crippen LogP contribution >= 0.6 is 0 Å². The minimum Gasteiger partial charge on any atom is -0.496 e. The second-order valence-corrected chi connectivity index (χ2v) is 5.46. The second-order valence-electron chi connectivity index (χ2n) is 5.46. The van der Waals surface area contributed by atoms with Crippen LogP contribution < -0.4 is 10.5 Å². The van der Waals surface area contributed by atoms with Crippen molar-refractivity contribution in [2.75, 3.05) is 13.7 Å². The molecule has 0 saturated heterocycles. The normalized spacial score (nSPS) is 16.9. The Hall–Kier alpha value is -1.02. The van der Waals surface area contributed by atoms with Gasteiger partial charge in [0.2, 0.25) is 0 Å². The van der Waals surface area contributed by atoms with Gasteiger partial charge in [-0.3, -0.25) is 0 Å². The van der Waals surface area contributed by atoms with Crippen LogP contribution in [0.4, 0.5) is 0 Å². The molecule has 0 unspecified atom stereocenters. The van der Waals surface area contributed by atoms with Crippen LogP contribution in [0, 0.1) is 0 Å².